The quantitative estimate of drug-likeness (QED) is 0.424. The van der Waals surface area contributed by atoms with Gasteiger partial charge in [0.25, 0.3) is 0 Å². The van der Waals surface area contributed by atoms with E-state index in [-0.39, 0.29) is 33.1 Å². The van der Waals surface area contributed by atoms with Crippen molar-refractivity contribution >= 4 is 31.3 Å². The van der Waals surface area contributed by atoms with Crippen molar-refractivity contribution in [2.75, 3.05) is 13.7 Å². The fourth-order valence-electron chi connectivity index (χ4n) is 3.81. The molecule has 27 heavy (non-hydrogen) atoms. The van der Waals surface area contributed by atoms with E-state index in [1.54, 1.807) is 4.90 Å². The number of esters is 1. The van der Waals surface area contributed by atoms with Gasteiger partial charge in [-0.05, 0) is 0 Å². The monoisotopic (exact) mass is 431 g/mol. The molecule has 2 aromatic rings. The summed E-state index contributed by atoms with van der Waals surface area (Å²) in [5.41, 5.74) is 1.03. The molecule has 0 aliphatic carbocycles. The maximum absolute atomic E-state index is 13.7. The Balaban J connectivity index is 1.71. The third-order valence-corrected chi connectivity index (χ3v) is 8.09. The normalized spacial score (nSPS) is 27.3. The number of benzene rings is 2. The molecule has 3 atom stereocenters. The number of methoxy groups -OCH3 is 1. The van der Waals surface area contributed by atoms with Gasteiger partial charge in [0.1, 0.15) is 0 Å². The summed E-state index contributed by atoms with van der Waals surface area (Å²) >= 11 is -0.368. The van der Waals surface area contributed by atoms with Gasteiger partial charge in [-0.2, -0.15) is 0 Å². The number of nitrogens with zero attached hydrogens (tertiary/aromatic N) is 1. The van der Waals surface area contributed by atoms with Crippen molar-refractivity contribution in [3.05, 3.63) is 66.2 Å². The van der Waals surface area contributed by atoms with Crippen LogP contribution in [0.5, 0.6) is 0 Å². The molecule has 2 fully saturated rings. The summed E-state index contributed by atoms with van der Waals surface area (Å²) in [6.07, 6.45) is 0.821. The average molecular weight is 430 g/mol. The zero-order valence-electron chi connectivity index (χ0n) is 15.0. The van der Waals surface area contributed by atoms with Gasteiger partial charge >= 0.3 is 165 Å². The topological polar surface area (TPSA) is 55.8 Å². The van der Waals surface area contributed by atoms with Crippen LogP contribution in [-0.4, -0.2) is 51.7 Å². The number of carbonyl (C=O) groups is 2. The predicted octanol–water partition coefficient (Wildman–Crippen LogP) is 2.07. The number of piperidine rings is 1. The fraction of sp³-hybridized carbons (Fsp3) is 0.333. The molecule has 2 heterocycles. The summed E-state index contributed by atoms with van der Waals surface area (Å²) in [5, 5.41) is 0. The molecule has 2 aliphatic rings. The van der Waals surface area contributed by atoms with Gasteiger partial charge in [-0.25, -0.2) is 0 Å². The van der Waals surface area contributed by atoms with E-state index in [4.69, 9.17) is 9.47 Å². The summed E-state index contributed by atoms with van der Waals surface area (Å²) < 4.78 is 10.9. The van der Waals surface area contributed by atoms with E-state index in [1.807, 2.05) is 60.7 Å². The van der Waals surface area contributed by atoms with Crippen molar-refractivity contribution < 1.29 is 19.1 Å². The van der Waals surface area contributed by atoms with E-state index >= 15 is 0 Å². The van der Waals surface area contributed by atoms with E-state index in [9.17, 15) is 9.59 Å². The maximum atomic E-state index is 13.7. The fourth-order valence-corrected chi connectivity index (χ4v) is 6.49. The van der Waals surface area contributed by atoms with Crippen molar-refractivity contribution in [2.24, 2.45) is 0 Å². The Hall–Kier alpha value is -2.14. The minimum absolute atomic E-state index is 0.166. The van der Waals surface area contributed by atoms with Crippen molar-refractivity contribution in [1.82, 2.24) is 4.90 Å². The van der Waals surface area contributed by atoms with Crippen LogP contribution in [0.2, 0.25) is 4.31 Å². The van der Waals surface area contributed by atoms with Crippen molar-refractivity contribution in [3.63, 3.8) is 0 Å². The zero-order valence-corrected chi connectivity index (χ0v) is 16.8. The molecule has 0 N–H and O–H groups in total. The summed E-state index contributed by atoms with van der Waals surface area (Å²) in [7, 11) is 1.36. The molecule has 5 nitrogen and oxygen atoms in total. The Morgan fingerprint density at radius 3 is 2.48 bits per heavy atom. The predicted molar refractivity (Wildman–Crippen MR) is 102 cm³/mol. The molecule has 0 radical (unpaired) electrons. The Bertz CT molecular complexity index is 829. The summed E-state index contributed by atoms with van der Waals surface area (Å²) in [6, 6.07) is 19.4. The van der Waals surface area contributed by atoms with Crippen molar-refractivity contribution in [2.45, 2.75) is 29.4 Å². The molecule has 0 bridgehead atoms. The first-order valence-electron chi connectivity index (χ1n) is 8.97. The van der Waals surface area contributed by atoms with Crippen LogP contribution in [0.4, 0.5) is 0 Å². The molecule has 0 saturated carbocycles. The number of hydrogen-bond donors (Lipinski definition) is 0. The molecule has 2 saturated heterocycles. The first-order chi connectivity index (χ1) is 13.2. The van der Waals surface area contributed by atoms with Gasteiger partial charge in [-0.1, -0.05) is 0 Å². The van der Waals surface area contributed by atoms with Gasteiger partial charge in [-0.15, -0.1) is 0 Å². The second-order valence-corrected chi connectivity index (χ2v) is 9.58. The molecule has 1 unspecified atom stereocenters. The van der Waals surface area contributed by atoms with E-state index in [0.717, 1.165) is 10.0 Å². The number of carbonyl (C=O) groups excluding carboxylic acids is 2. The van der Waals surface area contributed by atoms with E-state index in [2.05, 4.69) is 0 Å². The number of fused-ring (bicyclic) bond motifs is 1. The van der Waals surface area contributed by atoms with Crippen LogP contribution in [0.1, 0.15) is 24.4 Å². The van der Waals surface area contributed by atoms with Gasteiger partial charge < -0.3 is 0 Å². The summed E-state index contributed by atoms with van der Waals surface area (Å²) in [6.45, 7) is 0.454. The van der Waals surface area contributed by atoms with Crippen LogP contribution in [0.3, 0.4) is 0 Å². The second kappa shape index (κ2) is 7.47. The third kappa shape index (κ3) is 3.18. The molecule has 4 rings (SSSR count). The van der Waals surface area contributed by atoms with Crippen LogP contribution < -0.4 is 4.46 Å². The standard InChI is InChI=1S/C21H21NO4Se/c1-25-20(24)21(27-16-10-6-3-7-11-16)13-12-18-22(19(21)23)17(14-26-18)15-8-4-2-5-9-15/h2-11,17-18H,12-14H2,1H3/t17-,18-,21?/m0/s1. The van der Waals surface area contributed by atoms with Gasteiger partial charge in [0.2, 0.25) is 0 Å². The van der Waals surface area contributed by atoms with Crippen LogP contribution in [0, 0.1) is 0 Å². The molecule has 0 spiro atoms. The SMILES string of the molecule is COC(=O)C1([Se]c2ccccc2)CC[C@@H]2OC[C@@H](c3ccccc3)N2C1=O. The number of hydrogen-bond acceptors (Lipinski definition) is 4. The Morgan fingerprint density at radius 1 is 1.15 bits per heavy atom. The Morgan fingerprint density at radius 2 is 1.81 bits per heavy atom. The minimum atomic E-state index is -1.14. The molecule has 2 aromatic carbocycles. The van der Waals surface area contributed by atoms with Crippen LogP contribution in [0.25, 0.3) is 0 Å². The Labute approximate surface area is 164 Å². The molecular formula is C21H21NO4Se. The van der Waals surface area contributed by atoms with Crippen molar-refractivity contribution in [1.29, 1.82) is 0 Å². The molecule has 2 aliphatic heterocycles. The van der Waals surface area contributed by atoms with Crippen molar-refractivity contribution in [3.8, 4) is 0 Å². The molecule has 0 aromatic heterocycles. The van der Waals surface area contributed by atoms with Crippen LogP contribution in [0.15, 0.2) is 60.7 Å². The zero-order chi connectivity index (χ0) is 18.9. The van der Waals surface area contributed by atoms with E-state index in [1.165, 1.54) is 7.11 Å². The number of amides is 1. The molecule has 1 amide bonds. The van der Waals surface area contributed by atoms with Crippen LogP contribution in [-0.2, 0) is 19.1 Å². The first-order valence-corrected chi connectivity index (χ1v) is 10.7. The Kier molecular flexibility index (Phi) is 5.04. The molecule has 140 valence electrons. The van der Waals surface area contributed by atoms with Crippen LogP contribution >= 0.6 is 0 Å². The third-order valence-electron chi connectivity index (χ3n) is 5.15. The average Bonchev–Trinajstić information content (AvgIpc) is 3.16. The molecular weight excluding hydrogens is 409 g/mol. The van der Waals surface area contributed by atoms with Gasteiger partial charge in [0.05, 0.1) is 0 Å². The first kappa shape index (κ1) is 18.2. The number of rotatable bonds is 4. The second-order valence-electron chi connectivity index (χ2n) is 6.70. The van der Waals surface area contributed by atoms with E-state index < -0.39 is 10.3 Å². The number of ether oxygens (including phenoxy) is 2. The van der Waals surface area contributed by atoms with E-state index in [0.29, 0.717) is 19.4 Å². The summed E-state index contributed by atoms with van der Waals surface area (Å²) in [5.74, 6) is -0.602. The van der Waals surface area contributed by atoms with Gasteiger partial charge in [0, 0.05) is 0 Å². The molecule has 6 heteroatoms. The van der Waals surface area contributed by atoms with Gasteiger partial charge in [-0.3, -0.25) is 0 Å². The van der Waals surface area contributed by atoms with Gasteiger partial charge in [0.15, 0.2) is 0 Å². The summed E-state index contributed by atoms with van der Waals surface area (Å²) in [4.78, 5) is 28.3.